The van der Waals surface area contributed by atoms with Gasteiger partial charge in [0.05, 0.1) is 26.1 Å². The van der Waals surface area contributed by atoms with Crippen molar-refractivity contribution in [2.75, 3.05) is 39.9 Å². The fraction of sp³-hybridized carbons (Fsp3) is 0.556. The molecule has 1 fully saturated rings. The number of hydrogen-bond acceptors (Lipinski definition) is 5. The summed E-state index contributed by atoms with van der Waals surface area (Å²) in [6.45, 7) is 2.37. The van der Waals surface area contributed by atoms with Gasteiger partial charge in [0.25, 0.3) is 0 Å². The first kappa shape index (κ1) is 22.1. The smallest absolute Gasteiger partial charge is 0.226 e. The van der Waals surface area contributed by atoms with Gasteiger partial charge in [-0.3, -0.25) is 9.59 Å². The lowest BCUT2D eigenvalue weighted by Gasteiger charge is -2.32. The Morgan fingerprint density at radius 2 is 1.96 bits per heavy atom. The summed E-state index contributed by atoms with van der Waals surface area (Å²) in [5.74, 6) is 1.32. The van der Waals surface area contributed by atoms with Crippen LogP contribution in [0.4, 0.5) is 0 Å². The molecule has 0 aliphatic carbocycles. The molecule has 1 unspecified atom stereocenters. The van der Waals surface area contributed by atoms with Crippen LogP contribution < -0.4 is 20.5 Å². The zero-order valence-corrected chi connectivity index (χ0v) is 15.9. The summed E-state index contributed by atoms with van der Waals surface area (Å²) in [6, 6.07) is 7.24. The molecule has 26 heavy (non-hydrogen) atoms. The number of ether oxygens (including phenoxy) is 2. The second-order valence-corrected chi connectivity index (χ2v) is 6.03. The summed E-state index contributed by atoms with van der Waals surface area (Å²) in [5, 5.41) is 2.80. The summed E-state index contributed by atoms with van der Waals surface area (Å²) in [5.41, 5.74) is 5.40. The molecule has 1 atom stereocenters. The molecule has 1 aromatic carbocycles. The highest BCUT2D eigenvalue weighted by Crippen LogP contribution is 2.19. The quantitative estimate of drug-likeness (QED) is 0.701. The number of piperidine rings is 1. The zero-order valence-electron chi connectivity index (χ0n) is 15.1. The standard InChI is InChI=1S/C18H27N3O4.ClH/c1-24-15-4-6-16(7-5-15)25-12-8-17(22)21-11-2-3-14(13-21)18(23)20-10-9-19;/h4-7,14H,2-3,8-13,19H2,1H3,(H,20,23);1H. The fourth-order valence-corrected chi connectivity index (χ4v) is 2.84. The van der Waals surface area contributed by atoms with Crippen LogP contribution in [0.2, 0.25) is 0 Å². The summed E-state index contributed by atoms with van der Waals surface area (Å²) >= 11 is 0. The molecule has 0 aromatic heterocycles. The fourth-order valence-electron chi connectivity index (χ4n) is 2.84. The molecular weight excluding hydrogens is 358 g/mol. The first-order valence-electron chi connectivity index (χ1n) is 8.66. The first-order valence-corrected chi connectivity index (χ1v) is 8.66. The Bertz CT molecular complexity index is 568. The van der Waals surface area contributed by atoms with E-state index in [0.29, 0.717) is 45.0 Å². The van der Waals surface area contributed by atoms with Crippen molar-refractivity contribution in [2.45, 2.75) is 19.3 Å². The molecule has 0 bridgehead atoms. The molecule has 0 saturated carbocycles. The molecule has 2 amide bonds. The monoisotopic (exact) mass is 385 g/mol. The Hall–Kier alpha value is -1.99. The lowest BCUT2D eigenvalue weighted by molar-refractivity contribution is -0.136. The van der Waals surface area contributed by atoms with Crippen molar-refractivity contribution in [3.05, 3.63) is 24.3 Å². The van der Waals surface area contributed by atoms with Gasteiger partial charge in [0.2, 0.25) is 11.8 Å². The van der Waals surface area contributed by atoms with Crippen LogP contribution >= 0.6 is 12.4 Å². The molecule has 0 radical (unpaired) electrons. The number of halogens is 1. The molecule has 8 heteroatoms. The van der Waals surface area contributed by atoms with Crippen LogP contribution in [0.15, 0.2) is 24.3 Å². The maximum atomic E-state index is 12.3. The van der Waals surface area contributed by atoms with Crippen molar-refractivity contribution in [1.29, 1.82) is 0 Å². The molecule has 1 aromatic rings. The van der Waals surface area contributed by atoms with Crippen LogP contribution in [-0.4, -0.2) is 56.6 Å². The maximum absolute atomic E-state index is 12.3. The van der Waals surface area contributed by atoms with E-state index in [9.17, 15) is 9.59 Å². The third-order valence-electron chi connectivity index (χ3n) is 4.23. The molecule has 1 aliphatic rings. The van der Waals surface area contributed by atoms with Crippen molar-refractivity contribution in [3.8, 4) is 11.5 Å². The number of benzene rings is 1. The van der Waals surface area contributed by atoms with Gasteiger partial charge >= 0.3 is 0 Å². The van der Waals surface area contributed by atoms with Gasteiger partial charge in [-0.25, -0.2) is 0 Å². The predicted octanol–water partition coefficient (Wildman–Crippen LogP) is 1.20. The number of nitrogens with zero attached hydrogens (tertiary/aromatic N) is 1. The molecule has 1 aliphatic heterocycles. The molecule has 7 nitrogen and oxygen atoms in total. The second-order valence-electron chi connectivity index (χ2n) is 6.03. The van der Waals surface area contributed by atoms with E-state index in [1.807, 2.05) is 24.3 Å². The van der Waals surface area contributed by atoms with Crippen molar-refractivity contribution in [3.63, 3.8) is 0 Å². The van der Waals surface area contributed by atoms with E-state index in [2.05, 4.69) is 5.32 Å². The van der Waals surface area contributed by atoms with Crippen LogP contribution in [0.5, 0.6) is 11.5 Å². The maximum Gasteiger partial charge on any atom is 0.226 e. The van der Waals surface area contributed by atoms with E-state index in [-0.39, 0.29) is 30.1 Å². The summed E-state index contributed by atoms with van der Waals surface area (Å²) < 4.78 is 10.7. The van der Waals surface area contributed by atoms with Crippen molar-refractivity contribution < 1.29 is 19.1 Å². The highest BCUT2D eigenvalue weighted by Gasteiger charge is 2.27. The van der Waals surface area contributed by atoms with E-state index in [1.54, 1.807) is 12.0 Å². The largest absolute Gasteiger partial charge is 0.497 e. The SMILES string of the molecule is COc1ccc(OCCC(=O)N2CCCC(C(=O)NCCN)C2)cc1.Cl. The molecule has 3 N–H and O–H groups in total. The normalized spacial score (nSPS) is 16.4. The predicted molar refractivity (Wildman–Crippen MR) is 102 cm³/mol. The highest BCUT2D eigenvalue weighted by molar-refractivity contribution is 5.85. The average molecular weight is 386 g/mol. The Balaban J connectivity index is 0.00000338. The number of amides is 2. The summed E-state index contributed by atoms with van der Waals surface area (Å²) in [6.07, 6.45) is 1.94. The minimum atomic E-state index is -0.147. The lowest BCUT2D eigenvalue weighted by atomic mass is 9.97. The van der Waals surface area contributed by atoms with Crippen LogP contribution in [-0.2, 0) is 9.59 Å². The number of methoxy groups -OCH3 is 1. The number of carbonyl (C=O) groups is 2. The molecule has 2 rings (SSSR count). The average Bonchev–Trinajstić information content (AvgIpc) is 2.66. The Labute approximate surface area is 160 Å². The van der Waals surface area contributed by atoms with Crippen LogP contribution in [0, 0.1) is 5.92 Å². The number of rotatable bonds is 8. The highest BCUT2D eigenvalue weighted by atomic mass is 35.5. The molecule has 146 valence electrons. The van der Waals surface area contributed by atoms with Gasteiger partial charge in [0.1, 0.15) is 11.5 Å². The van der Waals surface area contributed by atoms with Gasteiger partial charge in [0, 0.05) is 26.2 Å². The van der Waals surface area contributed by atoms with Crippen molar-refractivity contribution in [1.82, 2.24) is 10.2 Å². The minimum Gasteiger partial charge on any atom is -0.497 e. The number of hydrogen-bond donors (Lipinski definition) is 2. The van der Waals surface area contributed by atoms with Crippen molar-refractivity contribution >= 4 is 24.2 Å². The molecular formula is C18H28ClN3O4. The summed E-state index contributed by atoms with van der Waals surface area (Å²) in [7, 11) is 1.61. The van der Waals surface area contributed by atoms with Crippen LogP contribution in [0.3, 0.4) is 0 Å². The number of likely N-dealkylation sites (tertiary alicyclic amines) is 1. The minimum absolute atomic E-state index is 0. The van der Waals surface area contributed by atoms with Gasteiger partial charge in [-0.2, -0.15) is 0 Å². The van der Waals surface area contributed by atoms with Crippen LogP contribution in [0.1, 0.15) is 19.3 Å². The molecule has 1 saturated heterocycles. The number of nitrogens with two attached hydrogens (primary N) is 1. The third kappa shape index (κ3) is 6.72. The Morgan fingerprint density at radius 1 is 1.27 bits per heavy atom. The topological polar surface area (TPSA) is 93.9 Å². The van der Waals surface area contributed by atoms with E-state index in [1.165, 1.54) is 0 Å². The zero-order chi connectivity index (χ0) is 18.1. The second kappa shape index (κ2) is 11.6. The third-order valence-corrected chi connectivity index (χ3v) is 4.23. The lowest BCUT2D eigenvalue weighted by Crippen LogP contribution is -2.46. The van der Waals surface area contributed by atoms with Gasteiger partial charge in [0.15, 0.2) is 0 Å². The van der Waals surface area contributed by atoms with E-state index < -0.39 is 0 Å². The molecule has 1 heterocycles. The van der Waals surface area contributed by atoms with E-state index in [4.69, 9.17) is 15.2 Å². The molecule has 0 spiro atoms. The first-order chi connectivity index (χ1) is 12.1. The Morgan fingerprint density at radius 3 is 2.62 bits per heavy atom. The van der Waals surface area contributed by atoms with Crippen LogP contribution in [0.25, 0.3) is 0 Å². The van der Waals surface area contributed by atoms with E-state index >= 15 is 0 Å². The number of nitrogens with one attached hydrogen (secondary N) is 1. The Kier molecular flexibility index (Phi) is 9.83. The van der Waals surface area contributed by atoms with Gasteiger partial charge in [-0.05, 0) is 37.1 Å². The van der Waals surface area contributed by atoms with Gasteiger partial charge < -0.3 is 25.4 Å². The van der Waals surface area contributed by atoms with E-state index in [0.717, 1.165) is 18.6 Å². The van der Waals surface area contributed by atoms with Gasteiger partial charge in [-0.15, -0.1) is 12.4 Å². The van der Waals surface area contributed by atoms with Crippen molar-refractivity contribution in [2.24, 2.45) is 11.7 Å². The number of carbonyl (C=O) groups excluding carboxylic acids is 2. The summed E-state index contributed by atoms with van der Waals surface area (Å²) in [4.78, 5) is 26.1. The van der Waals surface area contributed by atoms with Gasteiger partial charge in [-0.1, -0.05) is 0 Å².